The number of alkyl halides is 3. The van der Waals surface area contributed by atoms with Gasteiger partial charge in [-0.15, -0.1) is 0 Å². The number of aryl methyl sites for hydroxylation is 1. The molecule has 0 saturated heterocycles. The molecule has 1 heterocycles. The number of nitrogens with zero attached hydrogens (tertiary/aromatic N) is 2. The summed E-state index contributed by atoms with van der Waals surface area (Å²) >= 11 is 6.08. The van der Waals surface area contributed by atoms with E-state index >= 15 is 0 Å². The van der Waals surface area contributed by atoms with Gasteiger partial charge in [0.1, 0.15) is 11.5 Å². The van der Waals surface area contributed by atoms with Gasteiger partial charge in [-0.25, -0.2) is 4.98 Å². The van der Waals surface area contributed by atoms with Crippen LogP contribution in [-0.2, 0) is 19.1 Å². The Morgan fingerprint density at radius 3 is 2.57 bits per heavy atom. The fourth-order valence-corrected chi connectivity index (χ4v) is 2.54. The molecule has 0 aliphatic rings. The zero-order valence-corrected chi connectivity index (χ0v) is 13.3. The summed E-state index contributed by atoms with van der Waals surface area (Å²) in [5, 5.41) is 0.438. The Labute approximate surface area is 137 Å². The Bertz CT molecular complexity index is 695. The summed E-state index contributed by atoms with van der Waals surface area (Å²) < 4.78 is 40.6. The van der Waals surface area contributed by atoms with Crippen molar-refractivity contribution in [2.24, 2.45) is 0 Å². The molecule has 0 unspecified atom stereocenters. The standard InChI is InChI=1S/C16H16ClF3N2O/c1-2-3-8-14-21-15(16(18,19)20)13(10-23)22(14)9-11-6-4-5-7-12(11)17/h4-7,10H,2-3,8-9H2,1H3. The number of hydrogen-bond donors (Lipinski definition) is 0. The van der Waals surface area contributed by atoms with Gasteiger partial charge in [0.05, 0.1) is 6.54 Å². The monoisotopic (exact) mass is 344 g/mol. The number of unbranched alkanes of at least 4 members (excludes halogenated alkanes) is 1. The van der Waals surface area contributed by atoms with Crippen LogP contribution in [0.3, 0.4) is 0 Å². The van der Waals surface area contributed by atoms with Crippen LogP contribution in [0.25, 0.3) is 0 Å². The van der Waals surface area contributed by atoms with E-state index in [2.05, 4.69) is 4.98 Å². The molecule has 0 bridgehead atoms. The zero-order valence-electron chi connectivity index (χ0n) is 12.5. The first-order chi connectivity index (χ1) is 10.9. The van der Waals surface area contributed by atoms with Crippen LogP contribution in [0.2, 0.25) is 5.02 Å². The van der Waals surface area contributed by atoms with E-state index in [1.165, 1.54) is 4.57 Å². The van der Waals surface area contributed by atoms with E-state index in [-0.39, 0.29) is 18.7 Å². The highest BCUT2D eigenvalue weighted by Crippen LogP contribution is 2.32. The molecule has 3 nitrogen and oxygen atoms in total. The minimum absolute atomic E-state index is 0.0792. The van der Waals surface area contributed by atoms with Crippen molar-refractivity contribution in [3.8, 4) is 0 Å². The molecule has 23 heavy (non-hydrogen) atoms. The molecule has 0 atom stereocenters. The third-order valence-corrected chi connectivity index (χ3v) is 3.87. The molecular weight excluding hydrogens is 329 g/mol. The molecule has 0 aliphatic heterocycles. The number of carbonyl (C=O) groups excluding carboxylic acids is 1. The van der Waals surface area contributed by atoms with Gasteiger partial charge in [0, 0.05) is 11.4 Å². The Balaban J connectivity index is 2.52. The van der Waals surface area contributed by atoms with E-state index in [1.54, 1.807) is 24.3 Å². The lowest BCUT2D eigenvalue weighted by Gasteiger charge is -2.11. The third kappa shape index (κ3) is 3.93. The summed E-state index contributed by atoms with van der Waals surface area (Å²) in [6, 6.07) is 6.85. The summed E-state index contributed by atoms with van der Waals surface area (Å²) in [4.78, 5) is 14.9. The van der Waals surface area contributed by atoms with Crippen LogP contribution in [0.15, 0.2) is 24.3 Å². The molecule has 1 aromatic heterocycles. The van der Waals surface area contributed by atoms with Gasteiger partial charge >= 0.3 is 6.18 Å². The maximum Gasteiger partial charge on any atom is 0.435 e. The quantitative estimate of drug-likeness (QED) is 0.708. The highest BCUT2D eigenvalue weighted by Gasteiger charge is 2.38. The number of carbonyl (C=O) groups is 1. The minimum atomic E-state index is -4.66. The molecule has 0 aliphatic carbocycles. The maximum absolute atomic E-state index is 13.1. The van der Waals surface area contributed by atoms with Crippen LogP contribution in [0.5, 0.6) is 0 Å². The van der Waals surface area contributed by atoms with Crippen LogP contribution >= 0.6 is 11.6 Å². The second-order valence-corrected chi connectivity index (χ2v) is 5.57. The van der Waals surface area contributed by atoms with Crippen molar-refractivity contribution < 1.29 is 18.0 Å². The lowest BCUT2D eigenvalue weighted by molar-refractivity contribution is -0.141. The van der Waals surface area contributed by atoms with Crippen LogP contribution < -0.4 is 0 Å². The van der Waals surface area contributed by atoms with Crippen LogP contribution in [0.4, 0.5) is 13.2 Å². The number of benzene rings is 1. The molecule has 0 N–H and O–H groups in total. The van der Waals surface area contributed by atoms with E-state index in [0.717, 1.165) is 6.42 Å². The Hall–Kier alpha value is -1.82. The first-order valence-corrected chi connectivity index (χ1v) is 7.61. The lowest BCUT2D eigenvalue weighted by atomic mass is 10.2. The minimum Gasteiger partial charge on any atom is -0.321 e. The van der Waals surface area contributed by atoms with Crippen molar-refractivity contribution in [2.75, 3.05) is 0 Å². The smallest absolute Gasteiger partial charge is 0.321 e. The molecule has 0 amide bonds. The number of aldehydes is 1. The van der Waals surface area contributed by atoms with Crippen molar-refractivity contribution >= 4 is 17.9 Å². The molecule has 0 saturated carbocycles. The van der Waals surface area contributed by atoms with Crippen molar-refractivity contribution in [2.45, 2.75) is 38.9 Å². The molecule has 1 aromatic carbocycles. The van der Waals surface area contributed by atoms with Crippen molar-refractivity contribution in [3.05, 3.63) is 52.1 Å². The van der Waals surface area contributed by atoms with Gasteiger partial charge in [0.2, 0.25) is 0 Å². The molecular formula is C16H16ClF3N2O. The van der Waals surface area contributed by atoms with E-state index in [0.29, 0.717) is 23.4 Å². The Morgan fingerprint density at radius 1 is 1.30 bits per heavy atom. The topological polar surface area (TPSA) is 34.9 Å². The fraction of sp³-hybridized carbons (Fsp3) is 0.375. The van der Waals surface area contributed by atoms with Crippen molar-refractivity contribution in [3.63, 3.8) is 0 Å². The van der Waals surface area contributed by atoms with Crippen LogP contribution in [-0.4, -0.2) is 15.8 Å². The maximum atomic E-state index is 13.1. The van der Waals surface area contributed by atoms with Gasteiger partial charge in [-0.3, -0.25) is 4.79 Å². The Kier molecular flexibility index (Phi) is 5.46. The third-order valence-electron chi connectivity index (χ3n) is 3.51. The molecule has 0 spiro atoms. The number of imidazole rings is 1. The number of rotatable bonds is 6. The molecule has 0 radical (unpaired) electrons. The molecule has 0 fully saturated rings. The number of aromatic nitrogens is 2. The highest BCUT2D eigenvalue weighted by molar-refractivity contribution is 6.31. The molecule has 2 rings (SSSR count). The summed E-state index contributed by atoms with van der Waals surface area (Å²) in [7, 11) is 0. The van der Waals surface area contributed by atoms with Gasteiger partial charge < -0.3 is 4.57 Å². The summed E-state index contributed by atoms with van der Waals surface area (Å²) in [5.41, 5.74) is -0.949. The highest BCUT2D eigenvalue weighted by atomic mass is 35.5. The second kappa shape index (κ2) is 7.17. The fourth-order valence-electron chi connectivity index (χ4n) is 2.34. The first-order valence-electron chi connectivity index (χ1n) is 7.23. The predicted molar refractivity (Wildman–Crippen MR) is 81.8 cm³/mol. The van der Waals surface area contributed by atoms with Crippen molar-refractivity contribution in [1.82, 2.24) is 9.55 Å². The normalized spacial score (nSPS) is 11.7. The average molecular weight is 345 g/mol. The first kappa shape index (κ1) is 17.5. The summed E-state index contributed by atoms with van der Waals surface area (Å²) in [6.45, 7) is 2.02. The van der Waals surface area contributed by atoms with Gasteiger partial charge in [-0.1, -0.05) is 43.1 Å². The van der Waals surface area contributed by atoms with Gasteiger partial charge in [-0.2, -0.15) is 13.2 Å². The summed E-state index contributed by atoms with van der Waals surface area (Å²) in [6.07, 6.45) is -2.57. The lowest BCUT2D eigenvalue weighted by Crippen LogP contribution is -2.12. The van der Waals surface area contributed by atoms with E-state index in [1.807, 2.05) is 6.92 Å². The molecule has 2 aromatic rings. The van der Waals surface area contributed by atoms with Crippen molar-refractivity contribution in [1.29, 1.82) is 0 Å². The Morgan fingerprint density at radius 2 is 2.00 bits per heavy atom. The second-order valence-electron chi connectivity index (χ2n) is 5.16. The molecule has 124 valence electrons. The average Bonchev–Trinajstić information content (AvgIpc) is 2.85. The number of hydrogen-bond acceptors (Lipinski definition) is 2. The zero-order chi connectivity index (χ0) is 17.0. The predicted octanol–water partition coefficient (Wildman–Crippen LogP) is 4.76. The van der Waals surface area contributed by atoms with Gasteiger partial charge in [0.15, 0.2) is 12.0 Å². The van der Waals surface area contributed by atoms with Gasteiger partial charge in [0.25, 0.3) is 0 Å². The van der Waals surface area contributed by atoms with Crippen LogP contribution in [0, 0.1) is 0 Å². The molecule has 7 heteroatoms. The summed E-state index contributed by atoms with van der Waals surface area (Å²) in [5.74, 6) is 0.251. The van der Waals surface area contributed by atoms with E-state index < -0.39 is 17.6 Å². The largest absolute Gasteiger partial charge is 0.435 e. The van der Waals surface area contributed by atoms with Gasteiger partial charge in [-0.05, 0) is 18.1 Å². The van der Waals surface area contributed by atoms with Crippen LogP contribution in [0.1, 0.15) is 47.3 Å². The number of halogens is 4. The SMILES string of the molecule is CCCCc1nc(C(F)(F)F)c(C=O)n1Cc1ccccc1Cl. The van der Waals surface area contributed by atoms with E-state index in [9.17, 15) is 18.0 Å². The van der Waals surface area contributed by atoms with E-state index in [4.69, 9.17) is 11.6 Å².